The summed E-state index contributed by atoms with van der Waals surface area (Å²) in [7, 11) is 0. The van der Waals surface area contributed by atoms with E-state index in [1.54, 1.807) is 0 Å². The summed E-state index contributed by atoms with van der Waals surface area (Å²) in [6.45, 7) is 2.76. The summed E-state index contributed by atoms with van der Waals surface area (Å²) < 4.78 is 0. The Balaban J connectivity index is 1.45. The number of amides is 3. The summed E-state index contributed by atoms with van der Waals surface area (Å²) in [5.74, 6) is -0.420. The first-order chi connectivity index (χ1) is 12.6. The number of likely N-dealkylation sites (tertiary alicyclic amines) is 2. The maximum Gasteiger partial charge on any atom is 0.229 e. The zero-order valence-electron chi connectivity index (χ0n) is 15.2. The van der Waals surface area contributed by atoms with Gasteiger partial charge in [0.15, 0.2) is 0 Å². The Morgan fingerprint density at radius 2 is 1.81 bits per heavy atom. The van der Waals surface area contributed by atoms with E-state index < -0.39 is 0 Å². The van der Waals surface area contributed by atoms with Gasteiger partial charge in [-0.05, 0) is 24.9 Å². The van der Waals surface area contributed by atoms with Gasteiger partial charge in [-0.25, -0.2) is 0 Å². The Kier molecular flexibility index (Phi) is 6.39. The monoisotopic (exact) mass is 357 g/mol. The Labute approximate surface area is 154 Å². The number of carbonyl (C=O) groups excluding carboxylic acids is 3. The molecule has 0 unspecified atom stereocenters. The number of benzene rings is 1. The van der Waals surface area contributed by atoms with Crippen molar-refractivity contribution in [1.82, 2.24) is 15.1 Å². The standard InChI is InChI=1S/C20H27N3O3/c24-18(11-13-23-19(25)9-10-20(23)26)21-14-17-8-4-5-12-22(17)15-16-6-2-1-3-7-16/h1-3,6-7,17H,4-5,8-15H2,(H,21,24)/t17-/m0/s1. The zero-order valence-corrected chi connectivity index (χ0v) is 15.2. The predicted octanol–water partition coefficient (Wildman–Crippen LogP) is 1.70. The van der Waals surface area contributed by atoms with Gasteiger partial charge < -0.3 is 5.32 Å². The average molecular weight is 357 g/mol. The highest BCUT2D eigenvalue weighted by molar-refractivity contribution is 6.02. The van der Waals surface area contributed by atoms with Crippen LogP contribution < -0.4 is 5.32 Å². The average Bonchev–Trinajstić information content (AvgIpc) is 2.98. The first-order valence-corrected chi connectivity index (χ1v) is 9.51. The molecule has 6 heteroatoms. The molecule has 0 aromatic heterocycles. The lowest BCUT2D eigenvalue weighted by Crippen LogP contribution is -2.46. The Bertz CT molecular complexity index is 631. The third-order valence-corrected chi connectivity index (χ3v) is 5.23. The molecule has 0 aliphatic carbocycles. The molecule has 26 heavy (non-hydrogen) atoms. The van der Waals surface area contributed by atoms with E-state index in [1.807, 2.05) is 6.07 Å². The third kappa shape index (κ3) is 4.91. The van der Waals surface area contributed by atoms with E-state index in [2.05, 4.69) is 34.5 Å². The molecule has 3 rings (SSSR count). The molecule has 2 saturated heterocycles. The lowest BCUT2D eigenvalue weighted by Gasteiger charge is -2.36. The van der Waals surface area contributed by atoms with Crippen LogP contribution in [0.3, 0.4) is 0 Å². The van der Waals surface area contributed by atoms with E-state index in [0.717, 1.165) is 19.5 Å². The molecule has 3 amide bonds. The van der Waals surface area contributed by atoms with Crippen LogP contribution in [-0.2, 0) is 20.9 Å². The number of nitrogens with one attached hydrogen (secondary N) is 1. The number of hydrogen-bond donors (Lipinski definition) is 1. The van der Waals surface area contributed by atoms with Crippen LogP contribution in [-0.4, -0.2) is 53.2 Å². The van der Waals surface area contributed by atoms with Crippen molar-refractivity contribution in [3.8, 4) is 0 Å². The molecule has 2 heterocycles. The summed E-state index contributed by atoms with van der Waals surface area (Å²) in [6.07, 6.45) is 4.19. The van der Waals surface area contributed by atoms with Crippen molar-refractivity contribution in [2.45, 2.75) is 51.1 Å². The Morgan fingerprint density at radius 1 is 1.08 bits per heavy atom. The van der Waals surface area contributed by atoms with Crippen molar-refractivity contribution in [2.75, 3.05) is 19.6 Å². The summed E-state index contributed by atoms with van der Waals surface area (Å²) in [5, 5.41) is 2.99. The van der Waals surface area contributed by atoms with E-state index in [0.29, 0.717) is 12.6 Å². The smallest absolute Gasteiger partial charge is 0.229 e. The van der Waals surface area contributed by atoms with Crippen LogP contribution in [0.4, 0.5) is 0 Å². The van der Waals surface area contributed by atoms with Crippen molar-refractivity contribution in [1.29, 1.82) is 0 Å². The topological polar surface area (TPSA) is 69.7 Å². The van der Waals surface area contributed by atoms with Crippen LogP contribution >= 0.6 is 0 Å². The predicted molar refractivity (Wildman–Crippen MR) is 98.1 cm³/mol. The number of imide groups is 1. The molecule has 6 nitrogen and oxygen atoms in total. The van der Waals surface area contributed by atoms with Gasteiger partial charge in [0.25, 0.3) is 0 Å². The van der Waals surface area contributed by atoms with E-state index >= 15 is 0 Å². The molecular weight excluding hydrogens is 330 g/mol. The van der Waals surface area contributed by atoms with Gasteiger partial charge in [0.05, 0.1) is 0 Å². The van der Waals surface area contributed by atoms with Gasteiger partial charge in [0.2, 0.25) is 17.7 Å². The van der Waals surface area contributed by atoms with Crippen LogP contribution in [0.15, 0.2) is 30.3 Å². The number of hydrogen-bond acceptors (Lipinski definition) is 4. The van der Waals surface area contributed by atoms with Crippen molar-refractivity contribution in [2.24, 2.45) is 0 Å². The molecule has 1 aromatic carbocycles. The Hall–Kier alpha value is -2.21. The van der Waals surface area contributed by atoms with E-state index in [9.17, 15) is 14.4 Å². The van der Waals surface area contributed by atoms with E-state index in [4.69, 9.17) is 0 Å². The van der Waals surface area contributed by atoms with E-state index in [1.165, 1.54) is 23.3 Å². The lowest BCUT2D eigenvalue weighted by atomic mass is 10.0. The van der Waals surface area contributed by atoms with Gasteiger partial charge in [-0.2, -0.15) is 0 Å². The molecule has 2 fully saturated rings. The molecule has 140 valence electrons. The second kappa shape index (κ2) is 8.94. The quantitative estimate of drug-likeness (QED) is 0.754. The maximum absolute atomic E-state index is 12.1. The highest BCUT2D eigenvalue weighted by Gasteiger charge is 2.29. The van der Waals surface area contributed by atoms with Gasteiger partial charge >= 0.3 is 0 Å². The lowest BCUT2D eigenvalue weighted by molar-refractivity contribution is -0.138. The summed E-state index contributed by atoms with van der Waals surface area (Å²) >= 11 is 0. The van der Waals surface area contributed by atoms with Crippen molar-refractivity contribution in [3.63, 3.8) is 0 Å². The molecule has 2 aliphatic heterocycles. The first kappa shape index (κ1) is 18.6. The van der Waals surface area contributed by atoms with Gasteiger partial charge in [-0.1, -0.05) is 36.8 Å². The van der Waals surface area contributed by atoms with Crippen LogP contribution in [0.2, 0.25) is 0 Å². The Morgan fingerprint density at radius 3 is 2.54 bits per heavy atom. The minimum absolute atomic E-state index is 0.0947. The highest BCUT2D eigenvalue weighted by atomic mass is 16.2. The highest BCUT2D eigenvalue weighted by Crippen LogP contribution is 2.19. The van der Waals surface area contributed by atoms with Gasteiger partial charge in [0.1, 0.15) is 0 Å². The molecule has 0 bridgehead atoms. The number of piperidine rings is 1. The molecular formula is C20H27N3O3. The van der Waals surface area contributed by atoms with Crippen LogP contribution in [0.25, 0.3) is 0 Å². The molecule has 0 spiro atoms. The molecule has 1 aromatic rings. The van der Waals surface area contributed by atoms with Crippen LogP contribution in [0.5, 0.6) is 0 Å². The first-order valence-electron chi connectivity index (χ1n) is 9.51. The van der Waals surface area contributed by atoms with E-state index in [-0.39, 0.29) is 43.5 Å². The van der Waals surface area contributed by atoms with Crippen molar-refractivity contribution >= 4 is 17.7 Å². The fourth-order valence-corrected chi connectivity index (χ4v) is 3.72. The number of nitrogens with zero attached hydrogens (tertiary/aromatic N) is 2. The number of carbonyl (C=O) groups is 3. The van der Waals surface area contributed by atoms with Gasteiger partial charge in [0, 0.05) is 44.9 Å². The van der Waals surface area contributed by atoms with Crippen molar-refractivity contribution < 1.29 is 14.4 Å². The largest absolute Gasteiger partial charge is 0.354 e. The van der Waals surface area contributed by atoms with Gasteiger partial charge in [-0.15, -0.1) is 0 Å². The fraction of sp³-hybridized carbons (Fsp3) is 0.550. The summed E-state index contributed by atoms with van der Waals surface area (Å²) in [6, 6.07) is 10.7. The summed E-state index contributed by atoms with van der Waals surface area (Å²) in [4.78, 5) is 39.0. The number of rotatable bonds is 7. The second-order valence-corrected chi connectivity index (χ2v) is 7.10. The normalized spacial score (nSPS) is 21.2. The minimum atomic E-state index is -0.163. The fourth-order valence-electron chi connectivity index (χ4n) is 3.72. The van der Waals surface area contributed by atoms with Crippen LogP contribution in [0, 0.1) is 0 Å². The summed E-state index contributed by atoms with van der Waals surface area (Å²) in [5.41, 5.74) is 1.29. The zero-order chi connectivity index (χ0) is 18.4. The molecule has 1 N–H and O–H groups in total. The molecule has 0 radical (unpaired) electrons. The SMILES string of the molecule is O=C(CCN1C(=O)CCC1=O)NC[C@@H]1CCCCN1Cc1ccccc1. The van der Waals surface area contributed by atoms with Crippen molar-refractivity contribution in [3.05, 3.63) is 35.9 Å². The second-order valence-electron chi connectivity index (χ2n) is 7.10. The molecule has 0 saturated carbocycles. The van der Waals surface area contributed by atoms with Gasteiger partial charge in [-0.3, -0.25) is 24.2 Å². The third-order valence-electron chi connectivity index (χ3n) is 5.23. The van der Waals surface area contributed by atoms with Crippen LogP contribution in [0.1, 0.15) is 44.1 Å². The minimum Gasteiger partial charge on any atom is -0.354 e. The maximum atomic E-state index is 12.1. The molecule has 2 aliphatic rings. The molecule has 1 atom stereocenters.